The lowest BCUT2D eigenvalue weighted by molar-refractivity contribution is 0.261. The quantitative estimate of drug-likeness (QED) is 0.554. The van der Waals surface area contributed by atoms with Crippen molar-refractivity contribution in [2.75, 3.05) is 18.4 Å². The van der Waals surface area contributed by atoms with E-state index in [-0.39, 0.29) is 4.90 Å². The van der Waals surface area contributed by atoms with Crippen molar-refractivity contribution in [3.63, 3.8) is 0 Å². The fraction of sp³-hybridized carbons (Fsp3) is 0.200. The SMILES string of the molecule is O=S(=O)([O-])c1ccccc1NCCN(Cc1ccccn1)Cc1ccccn1. The van der Waals surface area contributed by atoms with Crippen molar-refractivity contribution in [1.82, 2.24) is 14.9 Å². The van der Waals surface area contributed by atoms with Crippen molar-refractivity contribution in [2.24, 2.45) is 0 Å². The Bertz CT molecular complexity index is 941. The minimum atomic E-state index is -4.53. The molecule has 3 rings (SSSR count). The van der Waals surface area contributed by atoms with Gasteiger partial charge in [0.05, 0.1) is 22.0 Å². The summed E-state index contributed by atoms with van der Waals surface area (Å²) in [6.45, 7) is 2.33. The van der Waals surface area contributed by atoms with Crippen molar-refractivity contribution in [3.05, 3.63) is 84.4 Å². The maximum atomic E-state index is 11.4. The van der Waals surface area contributed by atoms with E-state index in [0.29, 0.717) is 31.9 Å². The van der Waals surface area contributed by atoms with Gasteiger partial charge in [0.15, 0.2) is 0 Å². The Morgan fingerprint density at radius 3 is 1.96 bits per heavy atom. The number of anilines is 1. The summed E-state index contributed by atoms with van der Waals surface area (Å²) in [5.41, 5.74) is 2.18. The monoisotopic (exact) mass is 397 g/mol. The first kappa shape index (κ1) is 19.9. The molecule has 0 spiro atoms. The molecule has 7 nitrogen and oxygen atoms in total. The van der Waals surface area contributed by atoms with Crippen LogP contribution < -0.4 is 5.32 Å². The predicted octanol–water partition coefficient (Wildman–Crippen LogP) is 2.50. The van der Waals surface area contributed by atoms with Gasteiger partial charge in [-0.1, -0.05) is 24.3 Å². The van der Waals surface area contributed by atoms with Crippen molar-refractivity contribution in [2.45, 2.75) is 18.0 Å². The number of nitrogens with one attached hydrogen (secondary N) is 1. The maximum Gasteiger partial charge on any atom is 0.126 e. The second-order valence-corrected chi connectivity index (χ2v) is 7.58. The van der Waals surface area contributed by atoms with Crippen LogP contribution in [0.25, 0.3) is 0 Å². The highest BCUT2D eigenvalue weighted by Gasteiger charge is 2.11. The number of hydrogen-bond donors (Lipinski definition) is 1. The Morgan fingerprint density at radius 2 is 1.43 bits per heavy atom. The van der Waals surface area contributed by atoms with Crippen LogP contribution in [0.1, 0.15) is 11.4 Å². The predicted molar refractivity (Wildman–Crippen MR) is 105 cm³/mol. The number of benzene rings is 1. The minimum absolute atomic E-state index is 0.240. The number of nitrogens with zero attached hydrogens (tertiary/aromatic N) is 3. The number of rotatable bonds is 9. The fourth-order valence-corrected chi connectivity index (χ4v) is 3.49. The van der Waals surface area contributed by atoms with E-state index in [4.69, 9.17) is 0 Å². The van der Waals surface area contributed by atoms with Gasteiger partial charge in [0.25, 0.3) is 0 Å². The van der Waals surface area contributed by atoms with E-state index in [1.165, 1.54) is 12.1 Å². The number of hydrogen-bond acceptors (Lipinski definition) is 7. The molecule has 3 aromatic rings. The summed E-state index contributed by atoms with van der Waals surface area (Å²) < 4.78 is 34.2. The van der Waals surface area contributed by atoms with E-state index in [2.05, 4.69) is 20.2 Å². The Balaban J connectivity index is 1.68. The van der Waals surface area contributed by atoms with Crippen molar-refractivity contribution >= 4 is 15.8 Å². The molecule has 1 aromatic carbocycles. The van der Waals surface area contributed by atoms with Crippen LogP contribution in [0.4, 0.5) is 5.69 Å². The molecule has 0 amide bonds. The zero-order valence-corrected chi connectivity index (χ0v) is 16.0. The number of para-hydroxylation sites is 1. The summed E-state index contributed by atoms with van der Waals surface area (Å²) in [7, 11) is -4.53. The summed E-state index contributed by atoms with van der Waals surface area (Å²) in [5.74, 6) is 0. The Kier molecular flexibility index (Phi) is 6.70. The molecule has 0 bridgehead atoms. The highest BCUT2D eigenvalue weighted by molar-refractivity contribution is 7.86. The Morgan fingerprint density at radius 1 is 0.857 bits per heavy atom. The van der Waals surface area contributed by atoms with Gasteiger partial charge >= 0.3 is 0 Å². The van der Waals surface area contributed by atoms with Crippen LogP contribution in [0.15, 0.2) is 78.0 Å². The third kappa shape index (κ3) is 5.85. The van der Waals surface area contributed by atoms with Crippen LogP contribution >= 0.6 is 0 Å². The summed E-state index contributed by atoms with van der Waals surface area (Å²) in [6.07, 6.45) is 3.50. The van der Waals surface area contributed by atoms with Crippen LogP contribution in [0.2, 0.25) is 0 Å². The van der Waals surface area contributed by atoms with Gasteiger partial charge in [-0.3, -0.25) is 14.9 Å². The molecule has 0 saturated heterocycles. The first-order valence-corrected chi connectivity index (χ1v) is 10.2. The normalized spacial score (nSPS) is 11.5. The van der Waals surface area contributed by atoms with E-state index in [0.717, 1.165) is 11.4 Å². The van der Waals surface area contributed by atoms with Crippen molar-refractivity contribution < 1.29 is 13.0 Å². The standard InChI is InChI=1S/C20H22N4O3S/c25-28(26,27)20-10-2-1-9-19(20)23-13-14-24(15-17-7-3-5-11-21-17)16-18-8-4-6-12-22-18/h1-12,23H,13-16H2,(H,25,26,27)/p-1. The van der Waals surface area contributed by atoms with E-state index >= 15 is 0 Å². The molecule has 8 heteroatoms. The van der Waals surface area contributed by atoms with Gasteiger partial charge in [-0.15, -0.1) is 0 Å². The molecule has 0 aliphatic rings. The molecule has 0 aliphatic carbocycles. The molecule has 0 saturated carbocycles. The highest BCUT2D eigenvalue weighted by Crippen LogP contribution is 2.20. The molecule has 0 aliphatic heterocycles. The van der Waals surface area contributed by atoms with Gasteiger partial charge in [-0.2, -0.15) is 0 Å². The van der Waals surface area contributed by atoms with E-state index in [1.807, 2.05) is 36.4 Å². The average Bonchev–Trinajstić information content (AvgIpc) is 2.69. The lowest BCUT2D eigenvalue weighted by atomic mass is 10.2. The van der Waals surface area contributed by atoms with Gasteiger partial charge in [-0.25, -0.2) is 8.42 Å². The molecule has 0 unspecified atom stereocenters. The molecule has 0 atom stereocenters. The van der Waals surface area contributed by atoms with Crippen LogP contribution in [0.3, 0.4) is 0 Å². The Labute approximate surface area is 164 Å². The largest absolute Gasteiger partial charge is 0.744 e. The van der Waals surface area contributed by atoms with E-state index in [9.17, 15) is 13.0 Å². The van der Waals surface area contributed by atoms with Crippen LogP contribution in [0.5, 0.6) is 0 Å². The Hall–Kier alpha value is -2.81. The van der Waals surface area contributed by atoms with Gasteiger partial charge in [0.2, 0.25) is 0 Å². The molecule has 146 valence electrons. The third-order valence-corrected chi connectivity index (χ3v) is 5.02. The van der Waals surface area contributed by atoms with Crippen LogP contribution in [0, 0.1) is 0 Å². The first-order chi connectivity index (χ1) is 13.5. The molecule has 1 N–H and O–H groups in total. The van der Waals surface area contributed by atoms with Crippen molar-refractivity contribution in [3.8, 4) is 0 Å². The van der Waals surface area contributed by atoms with Crippen molar-refractivity contribution in [1.29, 1.82) is 0 Å². The summed E-state index contributed by atoms with van der Waals surface area (Å²) in [4.78, 5) is 10.7. The second-order valence-electron chi connectivity index (χ2n) is 6.23. The topological polar surface area (TPSA) is 98.2 Å². The van der Waals surface area contributed by atoms with E-state index < -0.39 is 10.1 Å². The fourth-order valence-electron chi connectivity index (χ4n) is 2.83. The molecule has 2 aromatic heterocycles. The van der Waals surface area contributed by atoms with Crippen LogP contribution in [-0.4, -0.2) is 40.9 Å². The average molecular weight is 397 g/mol. The van der Waals surface area contributed by atoms with Crippen LogP contribution in [-0.2, 0) is 23.2 Å². The highest BCUT2D eigenvalue weighted by atomic mass is 32.2. The zero-order chi connectivity index (χ0) is 19.8. The maximum absolute atomic E-state index is 11.4. The van der Waals surface area contributed by atoms with Gasteiger partial charge in [-0.05, 0) is 36.4 Å². The van der Waals surface area contributed by atoms with E-state index in [1.54, 1.807) is 24.5 Å². The van der Waals surface area contributed by atoms with Gasteiger partial charge in [0, 0.05) is 38.6 Å². The lowest BCUT2D eigenvalue weighted by Crippen LogP contribution is -2.29. The summed E-state index contributed by atoms with van der Waals surface area (Å²) in [5, 5.41) is 3.06. The first-order valence-electron chi connectivity index (χ1n) is 8.83. The molecule has 28 heavy (non-hydrogen) atoms. The van der Waals surface area contributed by atoms with Gasteiger partial charge < -0.3 is 9.87 Å². The second kappa shape index (κ2) is 9.41. The molecular weight excluding hydrogens is 376 g/mol. The molecule has 0 fully saturated rings. The molecule has 2 heterocycles. The lowest BCUT2D eigenvalue weighted by Gasteiger charge is -2.23. The third-order valence-electron chi connectivity index (χ3n) is 4.12. The van der Waals surface area contributed by atoms with Gasteiger partial charge in [0.1, 0.15) is 10.1 Å². The molecular formula is C20H21N4O3S-. The zero-order valence-electron chi connectivity index (χ0n) is 15.2. The minimum Gasteiger partial charge on any atom is -0.744 e. The summed E-state index contributed by atoms with van der Waals surface area (Å²) in [6, 6.07) is 17.7. The number of pyridine rings is 2. The summed E-state index contributed by atoms with van der Waals surface area (Å²) >= 11 is 0. The smallest absolute Gasteiger partial charge is 0.126 e. The number of aromatic nitrogens is 2. The molecule has 0 radical (unpaired) electrons.